The largest absolute Gasteiger partial charge is 0.492 e. The number of rotatable bonds is 5. The quantitative estimate of drug-likeness (QED) is 0.703. The number of benzene rings is 1. The normalized spacial score (nSPS) is 19.1. The van der Waals surface area contributed by atoms with E-state index in [0.29, 0.717) is 19.7 Å². The van der Waals surface area contributed by atoms with Crippen LogP contribution in [0.3, 0.4) is 0 Å². The molecule has 0 saturated heterocycles. The summed E-state index contributed by atoms with van der Waals surface area (Å²) in [6.07, 6.45) is 1.45. The molecule has 0 aliphatic carbocycles. The summed E-state index contributed by atoms with van der Waals surface area (Å²) < 4.78 is 5.51. The molecule has 2 rings (SSSR count). The molecule has 1 aromatic carbocycles. The van der Waals surface area contributed by atoms with Gasteiger partial charge >= 0.3 is 0 Å². The zero-order valence-electron chi connectivity index (χ0n) is 9.95. The molecule has 0 radical (unpaired) electrons. The highest BCUT2D eigenvalue weighted by Crippen LogP contribution is 2.07. The third-order valence-corrected chi connectivity index (χ3v) is 2.46. The van der Waals surface area contributed by atoms with E-state index >= 15 is 0 Å². The molecule has 0 aromatic heterocycles. The van der Waals surface area contributed by atoms with Crippen LogP contribution in [0.2, 0.25) is 0 Å². The molecule has 96 valence electrons. The number of hydrogen-bond donors (Lipinski definition) is 2. The molecule has 1 aliphatic rings. The highest BCUT2D eigenvalue weighted by molar-refractivity contribution is 5.90. The van der Waals surface area contributed by atoms with Gasteiger partial charge in [-0.3, -0.25) is 9.80 Å². The third-order valence-electron chi connectivity index (χ3n) is 2.46. The van der Waals surface area contributed by atoms with E-state index in [2.05, 4.69) is 10.4 Å². The van der Waals surface area contributed by atoms with E-state index in [1.807, 2.05) is 30.3 Å². The minimum atomic E-state index is -0.558. The zero-order chi connectivity index (χ0) is 12.8. The molecule has 3 N–H and O–H groups in total. The molecule has 0 fully saturated rings. The van der Waals surface area contributed by atoms with Crippen LogP contribution in [-0.4, -0.2) is 43.0 Å². The van der Waals surface area contributed by atoms with Crippen LogP contribution < -0.4 is 15.9 Å². The van der Waals surface area contributed by atoms with Gasteiger partial charge in [0.25, 0.3) is 5.91 Å². The number of para-hydroxylation sites is 1. The minimum Gasteiger partial charge on any atom is -0.492 e. The predicted octanol–water partition coefficient (Wildman–Crippen LogP) is -0.232. The smallest absolute Gasteiger partial charge is 0.265 e. The fourth-order valence-corrected chi connectivity index (χ4v) is 1.54. The summed E-state index contributed by atoms with van der Waals surface area (Å²) in [5.41, 5.74) is 8.66. The van der Waals surface area contributed by atoms with E-state index < -0.39 is 6.04 Å². The van der Waals surface area contributed by atoms with Gasteiger partial charge in [0, 0.05) is 6.54 Å². The minimum absolute atomic E-state index is 0.284. The molecule has 6 nitrogen and oxygen atoms in total. The summed E-state index contributed by atoms with van der Waals surface area (Å²) in [7, 11) is 0. The third kappa shape index (κ3) is 3.54. The Morgan fingerprint density at radius 1 is 1.44 bits per heavy atom. The first-order valence-electron chi connectivity index (χ1n) is 5.77. The number of ether oxygens (including phenoxy) is 1. The molecular weight excluding hydrogens is 232 g/mol. The topological polar surface area (TPSA) is 79.9 Å². The van der Waals surface area contributed by atoms with Gasteiger partial charge in [-0.25, -0.2) is 10.4 Å². The van der Waals surface area contributed by atoms with Crippen LogP contribution in [0.4, 0.5) is 0 Å². The van der Waals surface area contributed by atoms with Gasteiger partial charge in [0.1, 0.15) is 24.7 Å². The number of nitrogens with zero attached hydrogens (tertiary/aromatic N) is 2. The van der Waals surface area contributed by atoms with Crippen LogP contribution in [-0.2, 0) is 4.79 Å². The van der Waals surface area contributed by atoms with E-state index in [4.69, 9.17) is 10.5 Å². The molecule has 1 unspecified atom stereocenters. The van der Waals surface area contributed by atoms with Gasteiger partial charge in [0.2, 0.25) is 0 Å². The standard InChI is InChI=1S/C12H16N4O2/c13-11-8-16(9-14-12(11)17)15-6-7-18-10-4-2-1-3-5-10/h1-5,9,11,15H,6-8,13H2. The Kier molecular flexibility index (Phi) is 4.27. The fourth-order valence-electron chi connectivity index (χ4n) is 1.54. The van der Waals surface area contributed by atoms with Crippen LogP contribution >= 0.6 is 0 Å². The Morgan fingerprint density at radius 2 is 2.22 bits per heavy atom. The Bertz CT molecular complexity index is 421. The first-order chi connectivity index (χ1) is 8.75. The van der Waals surface area contributed by atoms with Crippen molar-refractivity contribution in [1.29, 1.82) is 0 Å². The lowest BCUT2D eigenvalue weighted by molar-refractivity contribution is -0.119. The van der Waals surface area contributed by atoms with Crippen molar-refractivity contribution in [3.63, 3.8) is 0 Å². The summed E-state index contributed by atoms with van der Waals surface area (Å²) in [4.78, 5) is 14.7. The van der Waals surface area contributed by atoms with Crippen LogP contribution in [0.25, 0.3) is 0 Å². The average Bonchev–Trinajstić information content (AvgIpc) is 2.40. The van der Waals surface area contributed by atoms with Crippen molar-refractivity contribution in [3.8, 4) is 5.75 Å². The highest BCUT2D eigenvalue weighted by atomic mass is 16.5. The van der Waals surface area contributed by atoms with E-state index in [1.165, 1.54) is 6.34 Å². The summed E-state index contributed by atoms with van der Waals surface area (Å²) in [6.45, 7) is 1.56. The zero-order valence-corrected chi connectivity index (χ0v) is 9.95. The lowest BCUT2D eigenvalue weighted by Crippen LogP contribution is -2.51. The van der Waals surface area contributed by atoms with Gasteiger partial charge in [0.05, 0.1) is 6.54 Å². The Morgan fingerprint density at radius 3 is 2.94 bits per heavy atom. The van der Waals surface area contributed by atoms with E-state index in [1.54, 1.807) is 5.01 Å². The van der Waals surface area contributed by atoms with Gasteiger partial charge in [-0.15, -0.1) is 0 Å². The molecule has 1 atom stereocenters. The average molecular weight is 248 g/mol. The van der Waals surface area contributed by atoms with Gasteiger partial charge in [-0.05, 0) is 12.1 Å². The van der Waals surface area contributed by atoms with Crippen molar-refractivity contribution in [2.45, 2.75) is 6.04 Å². The number of aliphatic imine (C=N–C) groups is 1. The number of amides is 1. The molecule has 18 heavy (non-hydrogen) atoms. The first-order valence-corrected chi connectivity index (χ1v) is 5.77. The second-order valence-electron chi connectivity index (χ2n) is 3.91. The Hall–Kier alpha value is -1.92. The van der Waals surface area contributed by atoms with Gasteiger partial charge in [0.15, 0.2) is 0 Å². The van der Waals surface area contributed by atoms with Crippen LogP contribution in [0, 0.1) is 0 Å². The number of carbonyl (C=O) groups is 1. The van der Waals surface area contributed by atoms with E-state index in [9.17, 15) is 4.79 Å². The lowest BCUT2D eigenvalue weighted by Gasteiger charge is -2.25. The first kappa shape index (κ1) is 12.5. The van der Waals surface area contributed by atoms with Crippen LogP contribution in [0.15, 0.2) is 35.3 Å². The van der Waals surface area contributed by atoms with Crippen LogP contribution in [0.5, 0.6) is 5.75 Å². The Labute approximate surface area is 105 Å². The summed E-state index contributed by atoms with van der Waals surface area (Å²) in [5.74, 6) is 0.548. The maximum atomic E-state index is 11.1. The van der Waals surface area contributed by atoms with E-state index in [0.717, 1.165) is 5.75 Å². The molecular formula is C12H16N4O2. The predicted molar refractivity (Wildman–Crippen MR) is 68.1 cm³/mol. The molecule has 6 heteroatoms. The highest BCUT2D eigenvalue weighted by Gasteiger charge is 2.19. The number of hydrazine groups is 1. The maximum Gasteiger partial charge on any atom is 0.265 e. The summed E-state index contributed by atoms with van der Waals surface area (Å²) in [6, 6.07) is 9.02. The van der Waals surface area contributed by atoms with Gasteiger partial charge < -0.3 is 10.5 Å². The van der Waals surface area contributed by atoms with Crippen molar-refractivity contribution in [3.05, 3.63) is 30.3 Å². The van der Waals surface area contributed by atoms with Crippen molar-refractivity contribution in [2.24, 2.45) is 10.7 Å². The number of nitrogens with two attached hydrogens (primary N) is 1. The monoisotopic (exact) mass is 248 g/mol. The maximum absolute atomic E-state index is 11.1. The Balaban J connectivity index is 1.67. The van der Waals surface area contributed by atoms with Gasteiger partial charge in [-0.2, -0.15) is 0 Å². The fraction of sp³-hybridized carbons (Fsp3) is 0.333. The van der Waals surface area contributed by atoms with Crippen molar-refractivity contribution in [1.82, 2.24) is 10.4 Å². The molecule has 1 amide bonds. The van der Waals surface area contributed by atoms with Crippen molar-refractivity contribution in [2.75, 3.05) is 19.7 Å². The lowest BCUT2D eigenvalue weighted by atomic mass is 10.3. The molecule has 1 aliphatic heterocycles. The molecule has 1 heterocycles. The SMILES string of the molecule is NC1CN(NCCOc2ccccc2)C=NC1=O. The number of nitrogens with one attached hydrogen (secondary N) is 1. The van der Waals surface area contributed by atoms with Gasteiger partial charge in [-0.1, -0.05) is 18.2 Å². The van der Waals surface area contributed by atoms with Crippen molar-refractivity contribution >= 4 is 12.2 Å². The summed E-state index contributed by atoms with van der Waals surface area (Å²) >= 11 is 0. The second kappa shape index (κ2) is 6.13. The molecule has 0 bridgehead atoms. The molecule has 0 spiro atoms. The number of hydrogen-bond acceptors (Lipinski definition) is 5. The molecule has 1 aromatic rings. The second-order valence-corrected chi connectivity index (χ2v) is 3.91. The van der Waals surface area contributed by atoms with Crippen molar-refractivity contribution < 1.29 is 9.53 Å². The number of carbonyl (C=O) groups excluding carboxylic acids is 1. The van der Waals surface area contributed by atoms with Crippen LogP contribution in [0.1, 0.15) is 0 Å². The summed E-state index contributed by atoms with van der Waals surface area (Å²) in [5, 5.41) is 1.69. The van der Waals surface area contributed by atoms with E-state index in [-0.39, 0.29) is 5.91 Å². The molecule has 0 saturated carbocycles.